The number of nitrogens with zero attached hydrogens (tertiary/aromatic N) is 4. The Morgan fingerprint density at radius 3 is 2.56 bits per heavy atom. The lowest BCUT2D eigenvalue weighted by atomic mass is 9.96. The van der Waals surface area contributed by atoms with Gasteiger partial charge in [-0.05, 0) is 15.9 Å². The maximum atomic E-state index is 5.43. The maximum Gasteiger partial charge on any atom is 0.159 e. The molecule has 2 heterocycles. The molecule has 2 aromatic rings. The molecular formula is C11H15BrN6. The van der Waals surface area contributed by atoms with Gasteiger partial charge in [0.05, 0.1) is 10.7 Å². The predicted octanol–water partition coefficient (Wildman–Crippen LogP) is 2.01. The topological polar surface area (TPSA) is 81.6 Å². The van der Waals surface area contributed by atoms with Crippen molar-refractivity contribution in [2.24, 2.45) is 5.84 Å². The van der Waals surface area contributed by atoms with Gasteiger partial charge in [0.1, 0.15) is 11.6 Å². The van der Waals surface area contributed by atoms with Crippen molar-refractivity contribution >= 4 is 21.7 Å². The highest BCUT2D eigenvalue weighted by molar-refractivity contribution is 9.10. The Morgan fingerprint density at radius 1 is 1.33 bits per heavy atom. The molecule has 6 nitrogen and oxygen atoms in total. The SMILES string of the molecule is CC(C)(C)c1nc(NN)cc(-n2cc(Br)cn2)n1. The zero-order valence-corrected chi connectivity index (χ0v) is 12.1. The normalized spacial score (nSPS) is 11.6. The molecular weight excluding hydrogens is 296 g/mol. The van der Waals surface area contributed by atoms with Crippen LogP contribution in [0.15, 0.2) is 22.9 Å². The predicted molar refractivity (Wildman–Crippen MR) is 73.4 cm³/mol. The Balaban J connectivity index is 2.54. The first-order valence-electron chi connectivity index (χ1n) is 5.47. The van der Waals surface area contributed by atoms with E-state index in [0.29, 0.717) is 17.5 Å². The molecule has 96 valence electrons. The molecule has 0 aromatic carbocycles. The lowest BCUT2D eigenvalue weighted by molar-refractivity contribution is 0.542. The van der Waals surface area contributed by atoms with Gasteiger partial charge < -0.3 is 5.43 Å². The van der Waals surface area contributed by atoms with Crippen LogP contribution in [0.1, 0.15) is 26.6 Å². The first kappa shape index (κ1) is 13.0. The monoisotopic (exact) mass is 310 g/mol. The van der Waals surface area contributed by atoms with Gasteiger partial charge in [-0.1, -0.05) is 20.8 Å². The molecule has 2 rings (SSSR count). The van der Waals surface area contributed by atoms with Crippen LogP contribution in [0.4, 0.5) is 5.82 Å². The van der Waals surface area contributed by atoms with Gasteiger partial charge in [-0.15, -0.1) is 0 Å². The highest BCUT2D eigenvalue weighted by atomic mass is 79.9. The third kappa shape index (κ3) is 2.68. The van der Waals surface area contributed by atoms with Crippen LogP contribution >= 0.6 is 15.9 Å². The van der Waals surface area contributed by atoms with E-state index in [0.717, 1.165) is 4.47 Å². The lowest BCUT2D eigenvalue weighted by Gasteiger charge is -2.18. The van der Waals surface area contributed by atoms with Gasteiger partial charge in [0.25, 0.3) is 0 Å². The second-order valence-corrected chi connectivity index (χ2v) is 5.85. The van der Waals surface area contributed by atoms with E-state index in [1.54, 1.807) is 16.9 Å². The quantitative estimate of drug-likeness (QED) is 0.655. The van der Waals surface area contributed by atoms with Gasteiger partial charge in [0.2, 0.25) is 0 Å². The average molecular weight is 311 g/mol. The second-order valence-electron chi connectivity index (χ2n) is 4.93. The molecule has 0 bridgehead atoms. The largest absolute Gasteiger partial charge is 0.308 e. The first-order chi connectivity index (χ1) is 8.40. The molecule has 0 fully saturated rings. The standard InChI is InChI=1S/C11H15BrN6/c1-11(2,3)10-15-8(17-13)4-9(16-10)18-6-7(12)5-14-18/h4-6H,13H2,1-3H3,(H,15,16,17). The van der Waals surface area contributed by atoms with Crippen LogP contribution in [0.25, 0.3) is 5.82 Å². The van der Waals surface area contributed by atoms with Gasteiger partial charge >= 0.3 is 0 Å². The Morgan fingerprint density at radius 2 is 2.06 bits per heavy atom. The molecule has 18 heavy (non-hydrogen) atoms. The van der Waals surface area contributed by atoms with Crippen LogP contribution in [0.5, 0.6) is 0 Å². The summed E-state index contributed by atoms with van der Waals surface area (Å²) in [7, 11) is 0. The zero-order chi connectivity index (χ0) is 13.3. The number of aromatic nitrogens is 4. The molecule has 0 atom stereocenters. The molecule has 7 heteroatoms. The molecule has 0 amide bonds. The van der Waals surface area contributed by atoms with Crippen molar-refractivity contribution in [1.82, 2.24) is 19.7 Å². The van der Waals surface area contributed by atoms with E-state index in [-0.39, 0.29) is 5.41 Å². The van der Waals surface area contributed by atoms with Crippen LogP contribution in [0, 0.1) is 0 Å². The number of nitrogens with two attached hydrogens (primary N) is 1. The summed E-state index contributed by atoms with van der Waals surface area (Å²) >= 11 is 3.36. The Labute approximate surface area is 114 Å². The number of anilines is 1. The van der Waals surface area contributed by atoms with Crippen LogP contribution in [0.3, 0.4) is 0 Å². The van der Waals surface area contributed by atoms with Crippen LogP contribution in [-0.2, 0) is 5.41 Å². The molecule has 0 unspecified atom stereocenters. The minimum Gasteiger partial charge on any atom is -0.308 e. The second kappa shape index (κ2) is 4.66. The van der Waals surface area contributed by atoms with Crippen LogP contribution in [-0.4, -0.2) is 19.7 Å². The van der Waals surface area contributed by atoms with Gasteiger partial charge in [-0.3, -0.25) is 0 Å². The third-order valence-electron chi connectivity index (χ3n) is 2.32. The fraction of sp³-hybridized carbons (Fsp3) is 0.364. The smallest absolute Gasteiger partial charge is 0.159 e. The summed E-state index contributed by atoms with van der Waals surface area (Å²) in [5.41, 5.74) is 2.39. The van der Waals surface area contributed by atoms with Crippen LogP contribution in [0.2, 0.25) is 0 Å². The van der Waals surface area contributed by atoms with E-state index in [1.165, 1.54) is 0 Å². The summed E-state index contributed by atoms with van der Waals surface area (Å²) in [6.45, 7) is 6.14. The van der Waals surface area contributed by atoms with Crippen molar-refractivity contribution in [2.45, 2.75) is 26.2 Å². The van der Waals surface area contributed by atoms with Crippen molar-refractivity contribution < 1.29 is 0 Å². The van der Waals surface area contributed by atoms with Gasteiger partial charge in [-0.25, -0.2) is 20.5 Å². The van der Waals surface area contributed by atoms with Crippen molar-refractivity contribution in [3.05, 3.63) is 28.8 Å². The number of hydrogen-bond donors (Lipinski definition) is 2. The van der Waals surface area contributed by atoms with Crippen molar-refractivity contribution in [3.63, 3.8) is 0 Å². The third-order valence-corrected chi connectivity index (χ3v) is 2.73. The Hall–Kier alpha value is -1.47. The molecule has 0 aliphatic carbocycles. The molecule has 0 saturated carbocycles. The number of nitrogen functional groups attached to an aromatic ring is 1. The average Bonchev–Trinajstić information content (AvgIpc) is 2.74. The number of halogens is 1. The zero-order valence-electron chi connectivity index (χ0n) is 10.5. The highest BCUT2D eigenvalue weighted by Gasteiger charge is 2.19. The maximum absolute atomic E-state index is 5.43. The molecule has 3 N–H and O–H groups in total. The van der Waals surface area contributed by atoms with Crippen LogP contribution < -0.4 is 11.3 Å². The van der Waals surface area contributed by atoms with Crippen molar-refractivity contribution in [1.29, 1.82) is 0 Å². The van der Waals surface area contributed by atoms with E-state index < -0.39 is 0 Å². The molecule has 0 spiro atoms. The van der Waals surface area contributed by atoms with E-state index in [1.807, 2.05) is 27.0 Å². The van der Waals surface area contributed by atoms with Crippen molar-refractivity contribution in [3.8, 4) is 5.82 Å². The summed E-state index contributed by atoms with van der Waals surface area (Å²) in [5, 5.41) is 4.20. The van der Waals surface area contributed by atoms with E-state index in [4.69, 9.17) is 5.84 Å². The number of nitrogens with one attached hydrogen (secondary N) is 1. The number of hydrogen-bond acceptors (Lipinski definition) is 5. The highest BCUT2D eigenvalue weighted by Crippen LogP contribution is 2.21. The molecule has 2 aromatic heterocycles. The Kier molecular flexibility index (Phi) is 3.36. The van der Waals surface area contributed by atoms with E-state index >= 15 is 0 Å². The number of hydrazine groups is 1. The van der Waals surface area contributed by atoms with Gasteiger partial charge in [0, 0.05) is 17.7 Å². The molecule has 0 saturated heterocycles. The summed E-state index contributed by atoms with van der Waals surface area (Å²) in [6, 6.07) is 1.74. The first-order valence-corrected chi connectivity index (χ1v) is 6.26. The summed E-state index contributed by atoms with van der Waals surface area (Å²) in [5.74, 6) is 7.38. The van der Waals surface area contributed by atoms with Gasteiger partial charge in [-0.2, -0.15) is 5.10 Å². The Bertz CT molecular complexity index is 557. The minimum atomic E-state index is -0.161. The minimum absolute atomic E-state index is 0.161. The lowest BCUT2D eigenvalue weighted by Crippen LogP contribution is -2.20. The number of rotatable bonds is 2. The van der Waals surface area contributed by atoms with E-state index in [2.05, 4.69) is 36.4 Å². The summed E-state index contributed by atoms with van der Waals surface area (Å²) in [6.07, 6.45) is 3.53. The molecule has 0 aliphatic heterocycles. The summed E-state index contributed by atoms with van der Waals surface area (Å²) < 4.78 is 2.56. The van der Waals surface area contributed by atoms with Crippen molar-refractivity contribution in [2.75, 3.05) is 5.43 Å². The molecule has 0 aliphatic rings. The van der Waals surface area contributed by atoms with Gasteiger partial charge in [0.15, 0.2) is 5.82 Å². The fourth-order valence-electron chi connectivity index (χ4n) is 1.39. The fourth-order valence-corrected chi connectivity index (χ4v) is 1.67. The molecule has 0 radical (unpaired) electrons. The van der Waals surface area contributed by atoms with E-state index in [9.17, 15) is 0 Å². The summed E-state index contributed by atoms with van der Waals surface area (Å²) in [4.78, 5) is 8.86.